The summed E-state index contributed by atoms with van der Waals surface area (Å²) in [6.45, 7) is 3.13. The van der Waals surface area contributed by atoms with E-state index in [-0.39, 0.29) is 40.6 Å². The molecule has 0 radical (unpaired) electrons. The Morgan fingerprint density at radius 3 is 2.41 bits per heavy atom. The van der Waals surface area contributed by atoms with E-state index in [1.807, 2.05) is 18.2 Å². The van der Waals surface area contributed by atoms with Gasteiger partial charge in [0.1, 0.15) is 12.3 Å². The van der Waals surface area contributed by atoms with Crippen molar-refractivity contribution in [1.29, 1.82) is 0 Å². The highest BCUT2D eigenvalue weighted by Gasteiger charge is 2.25. The summed E-state index contributed by atoms with van der Waals surface area (Å²) in [6, 6.07) is 12.0. The zero-order chi connectivity index (χ0) is 21.1. The van der Waals surface area contributed by atoms with Gasteiger partial charge in [0.05, 0.1) is 12.8 Å². The highest BCUT2D eigenvalue weighted by molar-refractivity contribution is 5.91. The first-order valence-corrected chi connectivity index (χ1v) is 8.85. The van der Waals surface area contributed by atoms with Crippen molar-refractivity contribution in [3.63, 3.8) is 0 Å². The third-order valence-corrected chi connectivity index (χ3v) is 4.59. The number of nitrogens with two attached hydrogens (primary N) is 1. The molecule has 7 heteroatoms. The van der Waals surface area contributed by atoms with Gasteiger partial charge in [-0.05, 0) is 31.0 Å². The number of nitrogens with zero attached hydrogens (tertiary/aromatic N) is 1. The van der Waals surface area contributed by atoms with Crippen LogP contribution in [0.25, 0.3) is 11.3 Å². The monoisotopic (exact) mass is 398 g/mol. The zero-order valence-electron chi connectivity index (χ0n) is 16.3. The lowest BCUT2D eigenvalue weighted by Gasteiger charge is -2.15. The highest BCUT2D eigenvalue weighted by atomic mass is 19.1. The van der Waals surface area contributed by atoms with Gasteiger partial charge in [-0.25, -0.2) is 18.6 Å². The first-order valence-electron chi connectivity index (χ1n) is 8.85. The van der Waals surface area contributed by atoms with Crippen LogP contribution in [0.5, 0.6) is 5.75 Å². The van der Waals surface area contributed by atoms with Gasteiger partial charge in [-0.2, -0.15) is 0 Å². The molecule has 2 aromatic carbocycles. The molecule has 0 atom stereocenters. The number of nitrogen functional groups attached to an aromatic ring is 1. The van der Waals surface area contributed by atoms with Crippen molar-refractivity contribution in [1.82, 2.24) is 4.98 Å². The second-order valence-corrected chi connectivity index (χ2v) is 6.50. The summed E-state index contributed by atoms with van der Waals surface area (Å²) in [6.07, 6.45) is 0. The molecule has 0 aliphatic rings. The smallest absolute Gasteiger partial charge is 0.357 e. The number of rotatable bonds is 5. The van der Waals surface area contributed by atoms with Crippen LogP contribution in [0.15, 0.2) is 42.5 Å². The Labute approximate surface area is 167 Å². The SMILES string of the molecule is COc1c(C)ccc(-c2nc(C(=O)OCc3ccccc3)c(C)c(N)c2F)c1F. The molecule has 1 heterocycles. The van der Waals surface area contributed by atoms with Crippen molar-refractivity contribution >= 4 is 11.7 Å². The van der Waals surface area contributed by atoms with Gasteiger partial charge in [-0.1, -0.05) is 36.4 Å². The Bertz CT molecular complexity index is 1070. The average Bonchev–Trinajstić information content (AvgIpc) is 2.72. The Hall–Kier alpha value is -3.48. The number of pyridine rings is 1. The number of benzene rings is 2. The minimum Gasteiger partial charge on any atom is -0.493 e. The van der Waals surface area contributed by atoms with Crippen LogP contribution in [0.3, 0.4) is 0 Å². The van der Waals surface area contributed by atoms with Crippen molar-refractivity contribution in [2.45, 2.75) is 20.5 Å². The van der Waals surface area contributed by atoms with Gasteiger partial charge >= 0.3 is 5.97 Å². The van der Waals surface area contributed by atoms with E-state index in [4.69, 9.17) is 15.2 Å². The van der Waals surface area contributed by atoms with E-state index in [2.05, 4.69) is 4.98 Å². The third-order valence-electron chi connectivity index (χ3n) is 4.59. The number of carbonyl (C=O) groups excluding carboxylic acids is 1. The predicted molar refractivity (Wildman–Crippen MR) is 106 cm³/mol. The Kier molecular flexibility index (Phi) is 5.77. The normalized spacial score (nSPS) is 10.7. The Balaban J connectivity index is 2.03. The molecule has 5 nitrogen and oxygen atoms in total. The standard InChI is InChI=1S/C22H20F2N2O3/c1-12-9-10-15(16(23)21(12)28-3)20-17(24)18(25)13(2)19(26-20)22(27)29-11-14-7-5-4-6-8-14/h4-10H,11H2,1-3H3,(H2,25,26). The van der Waals surface area contributed by atoms with Crippen LogP contribution in [0.4, 0.5) is 14.5 Å². The maximum atomic E-state index is 14.8. The molecule has 0 amide bonds. The van der Waals surface area contributed by atoms with E-state index in [1.165, 1.54) is 20.1 Å². The van der Waals surface area contributed by atoms with E-state index in [9.17, 15) is 13.6 Å². The molecule has 0 aliphatic carbocycles. The maximum absolute atomic E-state index is 14.8. The molecule has 3 aromatic rings. The number of esters is 1. The quantitative estimate of drug-likeness (QED) is 0.636. The molecule has 0 saturated carbocycles. The minimum absolute atomic E-state index is 0.0140. The summed E-state index contributed by atoms with van der Waals surface area (Å²) >= 11 is 0. The Morgan fingerprint density at radius 1 is 1.07 bits per heavy atom. The summed E-state index contributed by atoms with van der Waals surface area (Å²) in [4.78, 5) is 16.6. The number of aryl methyl sites for hydroxylation is 1. The number of aromatic nitrogens is 1. The molecule has 0 fully saturated rings. The number of carbonyl (C=O) groups is 1. The molecule has 1 aromatic heterocycles. The molecule has 0 bridgehead atoms. The summed E-state index contributed by atoms with van der Waals surface area (Å²) in [7, 11) is 1.31. The number of halogens is 2. The van der Waals surface area contributed by atoms with Crippen molar-refractivity contribution in [2.75, 3.05) is 12.8 Å². The van der Waals surface area contributed by atoms with E-state index in [0.717, 1.165) is 5.56 Å². The van der Waals surface area contributed by atoms with Crippen LogP contribution in [0, 0.1) is 25.5 Å². The van der Waals surface area contributed by atoms with Gasteiger partial charge in [0, 0.05) is 11.1 Å². The van der Waals surface area contributed by atoms with Crippen LogP contribution in [-0.2, 0) is 11.3 Å². The molecular weight excluding hydrogens is 378 g/mol. The summed E-state index contributed by atoms with van der Waals surface area (Å²) < 4.78 is 40.0. The first kappa shape index (κ1) is 20.3. The largest absolute Gasteiger partial charge is 0.493 e. The van der Waals surface area contributed by atoms with Crippen molar-refractivity contribution in [3.8, 4) is 17.0 Å². The second-order valence-electron chi connectivity index (χ2n) is 6.50. The number of hydrogen-bond acceptors (Lipinski definition) is 5. The van der Waals surface area contributed by atoms with E-state index < -0.39 is 17.6 Å². The van der Waals surface area contributed by atoms with E-state index >= 15 is 0 Å². The zero-order valence-corrected chi connectivity index (χ0v) is 16.3. The van der Waals surface area contributed by atoms with Crippen LogP contribution in [0.2, 0.25) is 0 Å². The molecule has 3 rings (SSSR count). The molecule has 0 unspecified atom stereocenters. The van der Waals surface area contributed by atoms with Gasteiger partial charge in [-0.3, -0.25) is 0 Å². The van der Waals surface area contributed by atoms with Crippen LogP contribution >= 0.6 is 0 Å². The maximum Gasteiger partial charge on any atom is 0.357 e. The van der Waals surface area contributed by atoms with E-state index in [0.29, 0.717) is 5.56 Å². The molecule has 0 spiro atoms. The van der Waals surface area contributed by atoms with Crippen molar-refractivity contribution in [3.05, 3.63) is 76.5 Å². The summed E-state index contributed by atoms with van der Waals surface area (Å²) in [5.74, 6) is -2.51. The molecule has 29 heavy (non-hydrogen) atoms. The lowest BCUT2D eigenvalue weighted by molar-refractivity contribution is 0.0465. The fourth-order valence-electron chi connectivity index (χ4n) is 2.92. The number of ether oxygens (including phenoxy) is 2. The van der Waals surface area contributed by atoms with Gasteiger partial charge in [0.25, 0.3) is 0 Å². The molecule has 0 aliphatic heterocycles. The van der Waals surface area contributed by atoms with Gasteiger partial charge in [0.15, 0.2) is 23.1 Å². The highest BCUT2D eigenvalue weighted by Crippen LogP contribution is 2.35. The predicted octanol–water partition coefficient (Wildman–Crippen LogP) is 4.59. The summed E-state index contributed by atoms with van der Waals surface area (Å²) in [5, 5.41) is 0. The van der Waals surface area contributed by atoms with E-state index in [1.54, 1.807) is 25.1 Å². The topological polar surface area (TPSA) is 74.4 Å². The van der Waals surface area contributed by atoms with Gasteiger partial charge in [-0.15, -0.1) is 0 Å². The number of methoxy groups -OCH3 is 1. The molecular formula is C22H20F2N2O3. The van der Waals surface area contributed by atoms with Gasteiger partial charge < -0.3 is 15.2 Å². The molecule has 2 N–H and O–H groups in total. The van der Waals surface area contributed by atoms with Crippen LogP contribution in [0.1, 0.15) is 27.2 Å². The lowest BCUT2D eigenvalue weighted by Crippen LogP contribution is -2.14. The molecule has 0 saturated heterocycles. The second kappa shape index (κ2) is 8.26. The van der Waals surface area contributed by atoms with Gasteiger partial charge in [0.2, 0.25) is 0 Å². The lowest BCUT2D eigenvalue weighted by atomic mass is 10.0. The van der Waals surface area contributed by atoms with Crippen molar-refractivity contribution in [2.24, 2.45) is 0 Å². The fourth-order valence-corrected chi connectivity index (χ4v) is 2.92. The number of hydrogen-bond donors (Lipinski definition) is 1. The van der Waals surface area contributed by atoms with Crippen molar-refractivity contribution < 1.29 is 23.0 Å². The fraction of sp³-hybridized carbons (Fsp3) is 0.182. The Morgan fingerprint density at radius 2 is 1.76 bits per heavy atom. The average molecular weight is 398 g/mol. The van der Waals surface area contributed by atoms with Crippen LogP contribution < -0.4 is 10.5 Å². The van der Waals surface area contributed by atoms with Crippen LogP contribution in [-0.4, -0.2) is 18.1 Å². The first-order chi connectivity index (χ1) is 13.8. The third kappa shape index (κ3) is 3.89. The molecule has 150 valence electrons. The number of anilines is 1. The minimum atomic E-state index is -0.910. The summed E-state index contributed by atoms with van der Waals surface area (Å²) in [5.41, 5.74) is 6.29.